The van der Waals surface area contributed by atoms with E-state index >= 15 is 0 Å². The Morgan fingerprint density at radius 3 is 2.78 bits per heavy atom. The average Bonchev–Trinajstić information content (AvgIpc) is 3.07. The van der Waals surface area contributed by atoms with Crippen LogP contribution >= 0.6 is 0 Å². The Hall–Kier alpha value is -2.31. The fraction of sp³-hybridized carbons (Fsp3) is 0.476. The van der Waals surface area contributed by atoms with Crippen LogP contribution in [0.3, 0.4) is 0 Å². The lowest BCUT2D eigenvalue weighted by Gasteiger charge is -2.31. The Bertz CT molecular complexity index is 833. The number of carbonyl (C=O) groups is 1. The lowest BCUT2D eigenvalue weighted by Crippen LogP contribution is -2.37. The number of nitrogens with zero attached hydrogens (tertiary/aromatic N) is 4. The first kappa shape index (κ1) is 18.1. The highest BCUT2D eigenvalue weighted by molar-refractivity contribution is 5.71. The second kappa shape index (κ2) is 7.74. The third-order valence-corrected chi connectivity index (χ3v) is 5.64. The topological polar surface area (TPSA) is 58.6 Å². The molecule has 1 atom stereocenters. The minimum absolute atomic E-state index is 0.238. The monoisotopic (exact) mass is 366 g/mol. The van der Waals surface area contributed by atoms with Crippen LogP contribution in [0.15, 0.2) is 24.4 Å². The molecule has 27 heavy (non-hydrogen) atoms. The minimum atomic E-state index is -0.238. The van der Waals surface area contributed by atoms with Gasteiger partial charge >= 0.3 is 0 Å². The summed E-state index contributed by atoms with van der Waals surface area (Å²) in [5.74, 6) is 0. The van der Waals surface area contributed by atoms with Gasteiger partial charge in [0.05, 0.1) is 24.9 Å². The highest BCUT2D eigenvalue weighted by Crippen LogP contribution is 2.38. The van der Waals surface area contributed by atoms with Crippen molar-refractivity contribution in [2.75, 3.05) is 37.7 Å². The van der Waals surface area contributed by atoms with E-state index in [1.807, 2.05) is 19.2 Å². The zero-order valence-corrected chi connectivity index (χ0v) is 16.0. The average molecular weight is 366 g/mol. The zero-order valence-electron chi connectivity index (χ0n) is 16.0. The number of ether oxygens (including phenoxy) is 1. The molecule has 1 saturated heterocycles. The van der Waals surface area contributed by atoms with Crippen LogP contribution in [-0.4, -0.2) is 54.0 Å². The Kier molecular flexibility index (Phi) is 5.18. The maximum Gasteiger partial charge on any atom is 0.141 e. The first-order valence-electron chi connectivity index (χ1n) is 9.60. The van der Waals surface area contributed by atoms with Gasteiger partial charge in [-0.2, -0.15) is 0 Å². The summed E-state index contributed by atoms with van der Waals surface area (Å²) >= 11 is 0. The van der Waals surface area contributed by atoms with Gasteiger partial charge in [-0.25, -0.2) is 0 Å². The van der Waals surface area contributed by atoms with Crippen molar-refractivity contribution in [3.63, 3.8) is 0 Å². The Morgan fingerprint density at radius 2 is 2.04 bits per heavy atom. The van der Waals surface area contributed by atoms with E-state index < -0.39 is 0 Å². The van der Waals surface area contributed by atoms with Gasteiger partial charge in [0, 0.05) is 61.4 Å². The quantitative estimate of drug-likeness (QED) is 0.757. The van der Waals surface area contributed by atoms with E-state index in [1.54, 1.807) is 0 Å². The normalized spacial score (nSPS) is 19.9. The third kappa shape index (κ3) is 3.59. The predicted molar refractivity (Wildman–Crippen MR) is 104 cm³/mol. The van der Waals surface area contributed by atoms with E-state index in [-0.39, 0.29) is 6.04 Å². The van der Waals surface area contributed by atoms with Crippen LogP contribution < -0.4 is 4.90 Å². The molecule has 142 valence electrons. The number of anilines is 1. The number of hydrogen-bond donors (Lipinski definition) is 0. The molecular weight excluding hydrogens is 340 g/mol. The van der Waals surface area contributed by atoms with E-state index in [0.717, 1.165) is 73.9 Å². The largest absolute Gasteiger partial charge is 0.378 e. The van der Waals surface area contributed by atoms with Crippen molar-refractivity contribution in [2.45, 2.75) is 32.9 Å². The van der Waals surface area contributed by atoms with Crippen LogP contribution in [0.2, 0.25) is 0 Å². The Morgan fingerprint density at radius 1 is 1.22 bits per heavy atom. The highest BCUT2D eigenvalue weighted by Gasteiger charge is 2.34. The van der Waals surface area contributed by atoms with Gasteiger partial charge in [-0.05, 0) is 31.5 Å². The third-order valence-electron chi connectivity index (χ3n) is 5.64. The molecule has 2 aromatic heterocycles. The number of aldehydes is 1. The molecule has 4 rings (SSSR count). The van der Waals surface area contributed by atoms with Crippen molar-refractivity contribution in [3.8, 4) is 0 Å². The van der Waals surface area contributed by atoms with Crippen molar-refractivity contribution in [3.05, 3.63) is 52.6 Å². The van der Waals surface area contributed by atoms with E-state index in [1.165, 1.54) is 5.56 Å². The summed E-state index contributed by atoms with van der Waals surface area (Å²) in [4.78, 5) is 25.8. The van der Waals surface area contributed by atoms with Crippen LogP contribution in [0.4, 0.5) is 5.69 Å². The van der Waals surface area contributed by atoms with Crippen molar-refractivity contribution in [1.82, 2.24) is 14.9 Å². The van der Waals surface area contributed by atoms with Crippen molar-refractivity contribution in [2.24, 2.45) is 0 Å². The van der Waals surface area contributed by atoms with Crippen molar-refractivity contribution >= 4 is 12.0 Å². The molecular formula is C21H26N4O2. The molecule has 2 aromatic rings. The van der Waals surface area contributed by atoms with Crippen LogP contribution in [-0.2, 0) is 22.5 Å². The summed E-state index contributed by atoms with van der Waals surface area (Å²) in [6.07, 6.45) is 3.75. The molecule has 0 N–H and O–H groups in total. The molecule has 2 aliphatic rings. The molecule has 0 amide bonds. The number of pyridine rings is 2. The molecule has 0 bridgehead atoms. The molecule has 0 aliphatic carbocycles. The first-order chi connectivity index (χ1) is 13.2. The second-order valence-corrected chi connectivity index (χ2v) is 7.30. The number of hydrogen-bond acceptors (Lipinski definition) is 6. The lowest BCUT2D eigenvalue weighted by atomic mass is 10.1. The summed E-state index contributed by atoms with van der Waals surface area (Å²) in [5.41, 5.74) is 6.57. The molecule has 0 radical (unpaired) electrons. The van der Waals surface area contributed by atoms with Gasteiger partial charge in [0.25, 0.3) is 0 Å². The summed E-state index contributed by atoms with van der Waals surface area (Å²) in [5, 5.41) is 0. The highest BCUT2D eigenvalue weighted by atomic mass is 16.5. The van der Waals surface area contributed by atoms with Crippen molar-refractivity contribution < 1.29 is 9.53 Å². The molecule has 4 heterocycles. The van der Waals surface area contributed by atoms with E-state index in [9.17, 15) is 4.79 Å². The van der Waals surface area contributed by atoms with Crippen LogP contribution in [0.25, 0.3) is 0 Å². The summed E-state index contributed by atoms with van der Waals surface area (Å²) in [6.45, 7) is 8.78. The molecule has 6 heteroatoms. The maximum atomic E-state index is 12.0. The standard InChI is InChI=1S/C21H26N4O2/c1-15-3-4-17(23-16(15)2)6-8-25-13-18-21(20(25)14-26)19(5-7-22-18)24-9-11-27-12-10-24/h3-5,7,14,20H,6,8-13H2,1-2H3. The minimum Gasteiger partial charge on any atom is -0.378 e. The SMILES string of the molecule is Cc1ccc(CCN2Cc3nccc(N4CCOCC4)c3C2C=O)nc1C. The molecule has 2 aliphatic heterocycles. The molecule has 6 nitrogen and oxygen atoms in total. The molecule has 1 fully saturated rings. The number of carbonyl (C=O) groups excluding carboxylic acids is 1. The van der Waals surface area contributed by atoms with Crippen LogP contribution in [0, 0.1) is 13.8 Å². The Labute approximate surface area is 160 Å². The summed E-state index contributed by atoms with van der Waals surface area (Å²) in [7, 11) is 0. The van der Waals surface area contributed by atoms with Crippen LogP contribution in [0.5, 0.6) is 0 Å². The van der Waals surface area contributed by atoms with E-state index in [2.05, 4.69) is 38.8 Å². The van der Waals surface area contributed by atoms with Gasteiger partial charge < -0.3 is 14.4 Å². The summed E-state index contributed by atoms with van der Waals surface area (Å²) < 4.78 is 5.48. The molecule has 0 spiro atoms. The number of aryl methyl sites for hydroxylation is 2. The van der Waals surface area contributed by atoms with Crippen molar-refractivity contribution in [1.29, 1.82) is 0 Å². The number of rotatable bonds is 5. The van der Waals surface area contributed by atoms with Gasteiger partial charge in [-0.1, -0.05) is 6.07 Å². The van der Waals surface area contributed by atoms with E-state index in [4.69, 9.17) is 4.74 Å². The van der Waals surface area contributed by atoms with Gasteiger partial charge in [0.15, 0.2) is 0 Å². The fourth-order valence-corrected chi connectivity index (χ4v) is 3.96. The second-order valence-electron chi connectivity index (χ2n) is 7.30. The molecule has 0 aromatic carbocycles. The van der Waals surface area contributed by atoms with E-state index in [0.29, 0.717) is 6.54 Å². The van der Waals surface area contributed by atoms with Gasteiger partial charge in [0.2, 0.25) is 0 Å². The smallest absolute Gasteiger partial charge is 0.141 e. The summed E-state index contributed by atoms with van der Waals surface area (Å²) in [6, 6.07) is 6.00. The van der Waals surface area contributed by atoms with Gasteiger partial charge in [-0.15, -0.1) is 0 Å². The number of morpholine rings is 1. The van der Waals surface area contributed by atoms with Gasteiger partial charge in [0.1, 0.15) is 6.29 Å². The number of fused-ring (bicyclic) bond motifs is 1. The first-order valence-corrected chi connectivity index (χ1v) is 9.60. The zero-order chi connectivity index (χ0) is 18.8. The molecule has 1 unspecified atom stereocenters. The molecule has 0 saturated carbocycles. The van der Waals surface area contributed by atoms with Gasteiger partial charge in [-0.3, -0.25) is 14.9 Å². The fourth-order valence-electron chi connectivity index (χ4n) is 3.96. The predicted octanol–water partition coefficient (Wildman–Crippen LogP) is 2.23. The Balaban J connectivity index is 1.53. The van der Waals surface area contributed by atoms with Crippen LogP contribution in [0.1, 0.15) is 34.3 Å². The number of aromatic nitrogens is 2. The maximum absolute atomic E-state index is 12.0. The lowest BCUT2D eigenvalue weighted by molar-refractivity contribution is -0.112.